The van der Waals surface area contributed by atoms with Crippen molar-refractivity contribution in [2.45, 2.75) is 70.4 Å². The number of amides is 1. The largest absolute Gasteiger partial charge is 0.493 e. The van der Waals surface area contributed by atoms with Crippen LogP contribution in [0.4, 0.5) is 0 Å². The van der Waals surface area contributed by atoms with Gasteiger partial charge in [-0.2, -0.15) is 0 Å². The number of hydrogen-bond donors (Lipinski definition) is 0. The third kappa shape index (κ3) is 6.15. The first-order valence-electron chi connectivity index (χ1n) is 14.1. The number of esters is 1. The second kappa shape index (κ2) is 13.0. The van der Waals surface area contributed by atoms with E-state index in [-0.39, 0.29) is 31.6 Å². The van der Waals surface area contributed by atoms with Crippen molar-refractivity contribution in [3.05, 3.63) is 95.1 Å². The van der Waals surface area contributed by atoms with Crippen LogP contribution >= 0.6 is 0 Å². The normalized spacial score (nSPS) is 17.6. The summed E-state index contributed by atoms with van der Waals surface area (Å²) in [5.41, 5.74) is 3.57. The van der Waals surface area contributed by atoms with Gasteiger partial charge in [0, 0.05) is 18.5 Å². The Hall–Kier alpha value is -3.84. The van der Waals surface area contributed by atoms with E-state index in [0.29, 0.717) is 18.1 Å². The van der Waals surface area contributed by atoms with Gasteiger partial charge in [0.25, 0.3) is 5.91 Å². The van der Waals surface area contributed by atoms with Crippen molar-refractivity contribution in [2.75, 3.05) is 13.7 Å². The predicted molar refractivity (Wildman–Crippen MR) is 151 cm³/mol. The molecule has 1 saturated carbocycles. The molecule has 2 atom stereocenters. The van der Waals surface area contributed by atoms with E-state index in [9.17, 15) is 9.59 Å². The molecule has 1 aliphatic carbocycles. The lowest BCUT2D eigenvalue weighted by Crippen LogP contribution is -2.51. The molecule has 0 bridgehead atoms. The molecule has 0 aromatic heterocycles. The zero-order valence-corrected chi connectivity index (χ0v) is 23.2. The first kappa shape index (κ1) is 27.7. The van der Waals surface area contributed by atoms with E-state index in [1.54, 1.807) is 18.9 Å². The van der Waals surface area contributed by atoms with Gasteiger partial charge in [0.15, 0.2) is 17.6 Å². The molecule has 2 unspecified atom stereocenters. The molecule has 1 heterocycles. The Morgan fingerprint density at radius 3 is 2.33 bits per heavy atom. The molecule has 0 N–H and O–H groups in total. The molecule has 210 valence electrons. The summed E-state index contributed by atoms with van der Waals surface area (Å²) in [6.07, 6.45) is 3.54. The third-order valence-corrected chi connectivity index (χ3v) is 7.68. The molecule has 7 heteroatoms. The van der Waals surface area contributed by atoms with Crippen LogP contribution in [0.5, 0.6) is 11.5 Å². The Morgan fingerprint density at radius 2 is 1.65 bits per heavy atom. The minimum atomic E-state index is -0.815. The smallest absolute Gasteiger partial charge is 0.329 e. The van der Waals surface area contributed by atoms with E-state index in [4.69, 9.17) is 18.9 Å². The van der Waals surface area contributed by atoms with Crippen molar-refractivity contribution in [2.24, 2.45) is 0 Å². The molecule has 7 nitrogen and oxygen atoms in total. The van der Waals surface area contributed by atoms with Crippen LogP contribution in [0, 0.1) is 0 Å². The number of carbonyl (C=O) groups excluding carboxylic acids is 2. The van der Waals surface area contributed by atoms with Crippen molar-refractivity contribution in [1.29, 1.82) is 0 Å². The summed E-state index contributed by atoms with van der Waals surface area (Å²) < 4.78 is 23.9. The van der Waals surface area contributed by atoms with Gasteiger partial charge in [-0.1, -0.05) is 79.6 Å². The molecule has 1 amide bonds. The Kier molecular flexibility index (Phi) is 9.01. The van der Waals surface area contributed by atoms with Crippen molar-refractivity contribution in [3.63, 3.8) is 0 Å². The highest BCUT2D eigenvalue weighted by Crippen LogP contribution is 2.40. The molecule has 0 saturated heterocycles. The monoisotopic (exact) mass is 543 g/mol. The Bertz CT molecular complexity index is 1290. The highest BCUT2D eigenvalue weighted by Gasteiger charge is 2.41. The maximum absolute atomic E-state index is 14.3. The number of benzene rings is 3. The number of ether oxygens (including phenoxy) is 4. The van der Waals surface area contributed by atoms with Crippen LogP contribution in [0.15, 0.2) is 72.8 Å². The number of rotatable bonds is 10. The van der Waals surface area contributed by atoms with Gasteiger partial charge in [-0.05, 0) is 42.5 Å². The van der Waals surface area contributed by atoms with Crippen LogP contribution in [0.2, 0.25) is 0 Å². The van der Waals surface area contributed by atoms with E-state index in [1.165, 1.54) is 0 Å². The van der Waals surface area contributed by atoms with Crippen LogP contribution in [0.3, 0.4) is 0 Å². The summed E-state index contributed by atoms with van der Waals surface area (Å²) in [7, 11) is 1.60. The maximum Gasteiger partial charge on any atom is 0.329 e. The molecule has 40 heavy (non-hydrogen) atoms. The summed E-state index contributed by atoms with van der Waals surface area (Å²) in [6.45, 7) is 2.58. The van der Waals surface area contributed by atoms with Crippen LogP contribution in [-0.2, 0) is 38.6 Å². The molecule has 3 aromatic carbocycles. The van der Waals surface area contributed by atoms with E-state index in [0.717, 1.165) is 47.9 Å². The van der Waals surface area contributed by atoms with Crippen molar-refractivity contribution < 1.29 is 28.5 Å². The average molecular weight is 544 g/mol. The lowest BCUT2D eigenvalue weighted by Gasteiger charge is -2.38. The van der Waals surface area contributed by atoms with Gasteiger partial charge in [0.05, 0.1) is 19.8 Å². The second-order valence-corrected chi connectivity index (χ2v) is 10.3. The SMILES string of the molecule is CCOC(=O)C1Cc2c(ccc(OC)c2OCc2ccccc2)CN1C(=O)C(OC1CCCC1)c1ccccc1. The summed E-state index contributed by atoms with van der Waals surface area (Å²) in [5, 5.41) is 0. The first-order chi connectivity index (χ1) is 19.6. The van der Waals surface area contributed by atoms with Crippen LogP contribution < -0.4 is 9.47 Å². The number of nitrogens with zero attached hydrogens (tertiary/aromatic N) is 1. The van der Waals surface area contributed by atoms with E-state index >= 15 is 0 Å². The number of carbonyl (C=O) groups is 2. The molecule has 2 aliphatic rings. The molecule has 1 aliphatic heterocycles. The van der Waals surface area contributed by atoms with E-state index in [1.807, 2.05) is 72.8 Å². The van der Waals surface area contributed by atoms with Gasteiger partial charge in [-0.15, -0.1) is 0 Å². The van der Waals surface area contributed by atoms with Gasteiger partial charge in [0.2, 0.25) is 0 Å². The molecular weight excluding hydrogens is 506 g/mol. The number of methoxy groups -OCH3 is 1. The molecule has 1 fully saturated rings. The van der Waals surface area contributed by atoms with Gasteiger partial charge >= 0.3 is 5.97 Å². The molecular formula is C33H37NO6. The summed E-state index contributed by atoms with van der Waals surface area (Å²) >= 11 is 0. The fourth-order valence-electron chi connectivity index (χ4n) is 5.62. The van der Waals surface area contributed by atoms with Gasteiger partial charge < -0.3 is 23.8 Å². The molecule has 3 aromatic rings. The fourth-order valence-corrected chi connectivity index (χ4v) is 5.62. The summed E-state index contributed by atoms with van der Waals surface area (Å²) in [5.74, 6) is 0.506. The van der Waals surface area contributed by atoms with Crippen molar-refractivity contribution >= 4 is 11.9 Å². The lowest BCUT2D eigenvalue weighted by atomic mass is 9.91. The number of hydrogen-bond acceptors (Lipinski definition) is 6. The summed E-state index contributed by atoms with van der Waals surface area (Å²) in [6, 6.07) is 22.4. The van der Waals surface area contributed by atoms with E-state index in [2.05, 4.69) is 0 Å². The minimum Gasteiger partial charge on any atom is -0.493 e. The Labute approximate surface area is 236 Å². The topological polar surface area (TPSA) is 74.3 Å². The Morgan fingerprint density at radius 1 is 0.950 bits per heavy atom. The minimum absolute atomic E-state index is 0.0227. The van der Waals surface area contributed by atoms with Crippen molar-refractivity contribution in [3.8, 4) is 11.5 Å². The van der Waals surface area contributed by atoms with Crippen LogP contribution in [-0.4, -0.2) is 42.6 Å². The third-order valence-electron chi connectivity index (χ3n) is 7.68. The van der Waals surface area contributed by atoms with Crippen LogP contribution in [0.1, 0.15) is 61.0 Å². The number of fused-ring (bicyclic) bond motifs is 1. The zero-order chi connectivity index (χ0) is 27.9. The van der Waals surface area contributed by atoms with Gasteiger partial charge in [-0.3, -0.25) is 4.79 Å². The lowest BCUT2D eigenvalue weighted by molar-refractivity contribution is -0.163. The first-order valence-corrected chi connectivity index (χ1v) is 14.1. The summed E-state index contributed by atoms with van der Waals surface area (Å²) in [4.78, 5) is 29.2. The molecule has 0 spiro atoms. The van der Waals surface area contributed by atoms with Crippen molar-refractivity contribution in [1.82, 2.24) is 4.90 Å². The highest BCUT2D eigenvalue weighted by atomic mass is 16.5. The average Bonchev–Trinajstić information content (AvgIpc) is 3.52. The standard InChI is InChI=1S/C33H37NO6/c1-3-38-33(36)28-20-27-25(18-19-29(37-2)31(27)39-22-23-12-6-4-7-13-23)21-34(28)32(35)30(24-14-8-5-9-15-24)40-26-16-10-11-17-26/h4-9,12-15,18-19,26,28,30H,3,10-11,16-17,20-22H2,1-2H3. The zero-order valence-electron chi connectivity index (χ0n) is 23.2. The predicted octanol–water partition coefficient (Wildman–Crippen LogP) is 5.79. The fraction of sp³-hybridized carbons (Fsp3) is 0.394. The Balaban J connectivity index is 1.49. The van der Waals surface area contributed by atoms with Gasteiger partial charge in [-0.25, -0.2) is 4.79 Å². The second-order valence-electron chi connectivity index (χ2n) is 10.3. The quantitative estimate of drug-likeness (QED) is 0.301. The van der Waals surface area contributed by atoms with Gasteiger partial charge in [0.1, 0.15) is 12.6 Å². The molecule has 5 rings (SSSR count). The van der Waals surface area contributed by atoms with E-state index < -0.39 is 18.1 Å². The van der Waals surface area contributed by atoms with Crippen LogP contribution in [0.25, 0.3) is 0 Å². The highest BCUT2D eigenvalue weighted by molar-refractivity contribution is 5.89. The molecule has 0 radical (unpaired) electrons. The maximum atomic E-state index is 14.3.